The average Bonchev–Trinajstić information content (AvgIpc) is 2.79. The number of amides is 1. The summed E-state index contributed by atoms with van der Waals surface area (Å²) in [6, 6.07) is 14.1. The fourth-order valence-corrected chi connectivity index (χ4v) is 4.72. The van der Waals surface area contributed by atoms with Crippen LogP contribution in [0, 0.1) is 0 Å². The fourth-order valence-electron chi connectivity index (χ4n) is 3.39. The molecule has 168 valence electrons. The van der Waals surface area contributed by atoms with Crippen LogP contribution in [0.5, 0.6) is 0 Å². The minimum absolute atomic E-state index is 0.146. The van der Waals surface area contributed by atoms with Crippen molar-refractivity contribution < 1.29 is 17.9 Å². The molecule has 31 heavy (non-hydrogen) atoms. The SMILES string of the molecule is CC[C@H](C)NS(=O)(=O)c1ccc(C(=O)N(C)Cc2ccc(N3CCOCC3)cc2)cc1. The number of nitrogens with one attached hydrogen (secondary N) is 1. The van der Waals surface area contributed by atoms with E-state index in [1.165, 1.54) is 12.1 Å². The highest BCUT2D eigenvalue weighted by molar-refractivity contribution is 7.89. The summed E-state index contributed by atoms with van der Waals surface area (Å²) in [6.07, 6.45) is 0.702. The van der Waals surface area contributed by atoms with E-state index in [1.807, 2.05) is 26.0 Å². The van der Waals surface area contributed by atoms with Crippen LogP contribution in [0.3, 0.4) is 0 Å². The van der Waals surface area contributed by atoms with Crippen LogP contribution in [0.25, 0.3) is 0 Å². The molecule has 1 amide bonds. The Labute approximate surface area is 185 Å². The van der Waals surface area contributed by atoms with Crippen LogP contribution in [0.1, 0.15) is 36.2 Å². The molecule has 0 bridgehead atoms. The van der Waals surface area contributed by atoms with E-state index in [0.717, 1.165) is 37.6 Å². The highest BCUT2D eigenvalue weighted by atomic mass is 32.2. The van der Waals surface area contributed by atoms with Gasteiger partial charge in [-0.3, -0.25) is 4.79 Å². The summed E-state index contributed by atoms with van der Waals surface area (Å²) in [5, 5.41) is 0. The molecule has 1 aliphatic heterocycles. The van der Waals surface area contributed by atoms with Crippen LogP contribution in [0.2, 0.25) is 0 Å². The van der Waals surface area contributed by atoms with Crippen molar-refractivity contribution in [3.8, 4) is 0 Å². The summed E-state index contributed by atoms with van der Waals surface area (Å²) in [7, 11) is -1.84. The molecule has 0 aliphatic carbocycles. The number of benzene rings is 2. The van der Waals surface area contributed by atoms with Crippen molar-refractivity contribution in [3.63, 3.8) is 0 Å². The molecule has 1 atom stereocenters. The first-order valence-electron chi connectivity index (χ1n) is 10.6. The van der Waals surface area contributed by atoms with Gasteiger partial charge in [-0.1, -0.05) is 19.1 Å². The van der Waals surface area contributed by atoms with Gasteiger partial charge in [-0.25, -0.2) is 13.1 Å². The second-order valence-corrected chi connectivity index (χ2v) is 9.60. The second-order valence-electron chi connectivity index (χ2n) is 7.88. The third-order valence-electron chi connectivity index (χ3n) is 5.46. The summed E-state index contributed by atoms with van der Waals surface area (Å²) in [5.41, 5.74) is 2.64. The second kappa shape index (κ2) is 10.3. The molecule has 2 aromatic carbocycles. The number of anilines is 1. The zero-order chi connectivity index (χ0) is 22.4. The van der Waals surface area contributed by atoms with Gasteiger partial charge in [-0.15, -0.1) is 0 Å². The first-order chi connectivity index (χ1) is 14.8. The Bertz CT molecular complexity index is 969. The molecule has 1 N–H and O–H groups in total. The lowest BCUT2D eigenvalue weighted by molar-refractivity contribution is 0.0785. The van der Waals surface area contributed by atoms with Gasteiger partial charge in [-0.2, -0.15) is 0 Å². The van der Waals surface area contributed by atoms with Gasteiger partial charge in [0.05, 0.1) is 18.1 Å². The molecule has 2 aromatic rings. The number of carbonyl (C=O) groups is 1. The van der Waals surface area contributed by atoms with Gasteiger partial charge in [0.2, 0.25) is 10.0 Å². The lowest BCUT2D eigenvalue weighted by Gasteiger charge is -2.29. The molecule has 0 aromatic heterocycles. The molecule has 0 saturated carbocycles. The van der Waals surface area contributed by atoms with Crippen molar-refractivity contribution in [2.24, 2.45) is 0 Å². The van der Waals surface area contributed by atoms with Crippen molar-refractivity contribution in [1.29, 1.82) is 0 Å². The van der Waals surface area contributed by atoms with E-state index in [9.17, 15) is 13.2 Å². The number of carbonyl (C=O) groups excluding carboxylic acids is 1. The number of sulfonamides is 1. The number of hydrogen-bond donors (Lipinski definition) is 1. The van der Waals surface area contributed by atoms with Crippen LogP contribution in [0.15, 0.2) is 53.4 Å². The van der Waals surface area contributed by atoms with Crippen molar-refractivity contribution in [2.45, 2.75) is 37.8 Å². The van der Waals surface area contributed by atoms with Gasteiger partial charge in [-0.05, 0) is 55.3 Å². The Morgan fingerprint density at radius 2 is 1.71 bits per heavy atom. The first kappa shape index (κ1) is 23.2. The Kier molecular flexibility index (Phi) is 7.69. The summed E-state index contributed by atoms with van der Waals surface area (Å²) >= 11 is 0. The first-order valence-corrected chi connectivity index (χ1v) is 12.1. The molecule has 7 nitrogen and oxygen atoms in total. The van der Waals surface area contributed by atoms with Gasteiger partial charge >= 0.3 is 0 Å². The molecular formula is C23H31N3O4S. The lowest BCUT2D eigenvalue weighted by atomic mass is 10.1. The van der Waals surface area contributed by atoms with Crippen molar-refractivity contribution in [3.05, 3.63) is 59.7 Å². The van der Waals surface area contributed by atoms with Gasteiger partial charge in [0.25, 0.3) is 5.91 Å². The Morgan fingerprint density at radius 3 is 2.29 bits per heavy atom. The number of ether oxygens (including phenoxy) is 1. The van der Waals surface area contributed by atoms with Crippen LogP contribution in [-0.4, -0.2) is 58.6 Å². The molecule has 1 saturated heterocycles. The van der Waals surface area contributed by atoms with Crippen molar-refractivity contribution >= 4 is 21.6 Å². The summed E-state index contributed by atoms with van der Waals surface area (Å²) < 4.78 is 32.8. The summed E-state index contributed by atoms with van der Waals surface area (Å²) in [6.45, 7) is 7.46. The molecular weight excluding hydrogens is 414 g/mol. The van der Waals surface area contributed by atoms with Gasteiger partial charge in [0.1, 0.15) is 0 Å². The third-order valence-corrected chi connectivity index (χ3v) is 7.06. The predicted molar refractivity (Wildman–Crippen MR) is 122 cm³/mol. The molecule has 8 heteroatoms. The summed E-state index contributed by atoms with van der Waals surface area (Å²) in [5.74, 6) is -0.156. The highest BCUT2D eigenvalue weighted by Gasteiger charge is 2.18. The van der Waals surface area contributed by atoms with Gasteiger partial charge < -0.3 is 14.5 Å². The van der Waals surface area contributed by atoms with Crippen LogP contribution in [0.4, 0.5) is 5.69 Å². The lowest BCUT2D eigenvalue weighted by Crippen LogP contribution is -2.36. The largest absolute Gasteiger partial charge is 0.378 e. The van der Waals surface area contributed by atoms with E-state index in [-0.39, 0.29) is 16.8 Å². The number of rotatable bonds is 8. The summed E-state index contributed by atoms with van der Waals surface area (Å²) in [4.78, 5) is 16.9. The predicted octanol–water partition coefficient (Wildman–Crippen LogP) is 2.87. The molecule has 0 radical (unpaired) electrons. The zero-order valence-corrected chi connectivity index (χ0v) is 19.2. The van der Waals surface area contributed by atoms with E-state index in [1.54, 1.807) is 24.1 Å². The smallest absolute Gasteiger partial charge is 0.253 e. The standard InChI is InChI=1S/C23H31N3O4S/c1-4-18(2)24-31(28,29)22-11-7-20(8-12-22)23(27)25(3)17-19-5-9-21(10-6-19)26-13-15-30-16-14-26/h5-12,18,24H,4,13-17H2,1-3H3/t18-/m0/s1. The maximum absolute atomic E-state index is 12.8. The maximum Gasteiger partial charge on any atom is 0.253 e. The molecule has 3 rings (SSSR count). The van der Waals surface area contributed by atoms with Crippen molar-refractivity contribution in [1.82, 2.24) is 9.62 Å². The van der Waals surface area contributed by atoms with Gasteiger partial charge in [0.15, 0.2) is 0 Å². The number of nitrogens with zero attached hydrogens (tertiary/aromatic N) is 2. The van der Waals surface area contributed by atoms with E-state index in [4.69, 9.17) is 4.74 Å². The average molecular weight is 446 g/mol. The topological polar surface area (TPSA) is 79.0 Å². The Balaban J connectivity index is 1.62. The quantitative estimate of drug-likeness (QED) is 0.676. The molecule has 0 unspecified atom stereocenters. The molecule has 1 aliphatic rings. The highest BCUT2D eigenvalue weighted by Crippen LogP contribution is 2.18. The van der Waals surface area contributed by atoms with Crippen LogP contribution in [-0.2, 0) is 21.3 Å². The normalized spacial score (nSPS) is 15.5. The van der Waals surface area contributed by atoms with E-state index in [2.05, 4.69) is 21.8 Å². The molecule has 1 heterocycles. The maximum atomic E-state index is 12.8. The number of hydrogen-bond acceptors (Lipinski definition) is 5. The van der Waals surface area contributed by atoms with E-state index < -0.39 is 10.0 Å². The monoisotopic (exact) mass is 445 g/mol. The molecule has 0 spiro atoms. The van der Waals surface area contributed by atoms with Crippen molar-refractivity contribution in [2.75, 3.05) is 38.3 Å². The molecule has 1 fully saturated rings. The van der Waals surface area contributed by atoms with Crippen LogP contribution >= 0.6 is 0 Å². The van der Waals surface area contributed by atoms with Crippen LogP contribution < -0.4 is 9.62 Å². The third kappa shape index (κ3) is 6.06. The zero-order valence-electron chi connectivity index (χ0n) is 18.4. The minimum atomic E-state index is -3.58. The fraction of sp³-hybridized carbons (Fsp3) is 0.435. The number of morpholine rings is 1. The van der Waals surface area contributed by atoms with Gasteiger partial charge in [0, 0.05) is 44.0 Å². The Hall–Kier alpha value is -2.42. The minimum Gasteiger partial charge on any atom is -0.378 e. The Morgan fingerprint density at radius 1 is 1.10 bits per heavy atom. The van der Waals surface area contributed by atoms with E-state index in [0.29, 0.717) is 18.5 Å². The van der Waals surface area contributed by atoms with E-state index >= 15 is 0 Å².